The van der Waals surface area contributed by atoms with Crippen molar-refractivity contribution in [3.8, 4) is 0 Å². The van der Waals surface area contributed by atoms with E-state index in [2.05, 4.69) is 18.7 Å². The van der Waals surface area contributed by atoms with Crippen LogP contribution >= 0.6 is 0 Å². The Morgan fingerprint density at radius 1 is 1.38 bits per heavy atom. The molecule has 0 aliphatic carbocycles. The fraction of sp³-hybridized carbons (Fsp3) is 0.647. The molecule has 3 atom stereocenters. The molecule has 1 aromatic rings. The normalized spacial score (nSPS) is 26.5. The van der Waals surface area contributed by atoms with Gasteiger partial charge in [-0.25, -0.2) is 4.39 Å². The molecule has 118 valence electrons. The van der Waals surface area contributed by atoms with E-state index in [0.717, 1.165) is 31.5 Å². The van der Waals surface area contributed by atoms with Crippen LogP contribution in [0.15, 0.2) is 24.3 Å². The summed E-state index contributed by atoms with van der Waals surface area (Å²) < 4.78 is 18.7. The van der Waals surface area contributed by atoms with E-state index >= 15 is 0 Å². The van der Waals surface area contributed by atoms with Gasteiger partial charge in [-0.1, -0.05) is 19.1 Å². The van der Waals surface area contributed by atoms with Gasteiger partial charge in [-0.05, 0) is 49.9 Å². The van der Waals surface area contributed by atoms with Crippen LogP contribution < -0.4 is 5.73 Å². The molecule has 1 aliphatic rings. The zero-order chi connectivity index (χ0) is 15.5. The summed E-state index contributed by atoms with van der Waals surface area (Å²) in [4.78, 5) is 2.44. The molecule has 4 heteroatoms. The van der Waals surface area contributed by atoms with Crippen molar-refractivity contribution in [1.82, 2.24) is 4.90 Å². The van der Waals surface area contributed by atoms with Gasteiger partial charge < -0.3 is 10.5 Å². The van der Waals surface area contributed by atoms with Crippen molar-refractivity contribution in [2.24, 2.45) is 11.7 Å². The molecule has 1 saturated heterocycles. The summed E-state index contributed by atoms with van der Waals surface area (Å²) >= 11 is 0. The summed E-state index contributed by atoms with van der Waals surface area (Å²) in [6.45, 7) is 6.96. The highest BCUT2D eigenvalue weighted by Gasteiger charge is 2.36. The number of methoxy groups -OCH3 is 1. The second-order valence-corrected chi connectivity index (χ2v) is 6.49. The van der Waals surface area contributed by atoms with Gasteiger partial charge in [-0.2, -0.15) is 0 Å². The fourth-order valence-electron chi connectivity index (χ4n) is 3.19. The number of likely N-dealkylation sites (tertiary alicyclic amines) is 1. The molecule has 3 unspecified atom stereocenters. The third kappa shape index (κ3) is 3.82. The Morgan fingerprint density at radius 2 is 2.05 bits per heavy atom. The predicted molar refractivity (Wildman–Crippen MR) is 83.7 cm³/mol. The molecule has 21 heavy (non-hydrogen) atoms. The van der Waals surface area contributed by atoms with Gasteiger partial charge in [0.05, 0.1) is 6.10 Å². The second-order valence-electron chi connectivity index (χ2n) is 6.49. The molecule has 0 amide bonds. The first kappa shape index (κ1) is 16.4. The number of halogens is 1. The summed E-state index contributed by atoms with van der Waals surface area (Å²) in [5.74, 6) is 0.388. The van der Waals surface area contributed by atoms with Crippen molar-refractivity contribution >= 4 is 0 Å². The molecular weight excluding hydrogens is 267 g/mol. The molecule has 0 radical (unpaired) electrons. The number of rotatable bonds is 5. The highest BCUT2D eigenvalue weighted by molar-refractivity contribution is 5.19. The average Bonchev–Trinajstić information content (AvgIpc) is 2.50. The quantitative estimate of drug-likeness (QED) is 0.906. The summed E-state index contributed by atoms with van der Waals surface area (Å²) in [7, 11) is 1.78. The molecule has 1 aromatic carbocycles. The Labute approximate surface area is 127 Å². The van der Waals surface area contributed by atoms with E-state index in [1.807, 2.05) is 12.1 Å². The third-order valence-electron chi connectivity index (χ3n) is 4.89. The maximum Gasteiger partial charge on any atom is 0.123 e. The van der Waals surface area contributed by atoms with Crippen LogP contribution in [0.25, 0.3) is 0 Å². The predicted octanol–water partition coefficient (Wildman–Crippen LogP) is 2.44. The minimum absolute atomic E-state index is 0.116. The van der Waals surface area contributed by atoms with Gasteiger partial charge >= 0.3 is 0 Å². The molecule has 3 nitrogen and oxygen atoms in total. The van der Waals surface area contributed by atoms with Crippen molar-refractivity contribution in [1.29, 1.82) is 0 Å². The van der Waals surface area contributed by atoms with Crippen LogP contribution in [0.5, 0.6) is 0 Å². The van der Waals surface area contributed by atoms with Crippen LogP contribution in [0.4, 0.5) is 4.39 Å². The first-order valence-electron chi connectivity index (χ1n) is 7.71. The standard InChI is InChI=1S/C17H27FN2O/c1-13-8-9-20(11-16(13)21-3)17(2,12-19)10-14-4-6-15(18)7-5-14/h4-7,13,16H,8-12,19H2,1-3H3. The fourth-order valence-corrected chi connectivity index (χ4v) is 3.19. The van der Waals surface area contributed by atoms with Gasteiger partial charge in [0.15, 0.2) is 0 Å². The molecule has 0 saturated carbocycles. The van der Waals surface area contributed by atoms with E-state index in [9.17, 15) is 4.39 Å². The van der Waals surface area contributed by atoms with Crippen molar-refractivity contribution < 1.29 is 9.13 Å². The second kappa shape index (κ2) is 6.86. The van der Waals surface area contributed by atoms with E-state index in [1.165, 1.54) is 12.1 Å². The smallest absolute Gasteiger partial charge is 0.123 e. The van der Waals surface area contributed by atoms with Crippen molar-refractivity contribution in [3.05, 3.63) is 35.6 Å². The van der Waals surface area contributed by atoms with Gasteiger partial charge in [0.2, 0.25) is 0 Å². The van der Waals surface area contributed by atoms with E-state index in [4.69, 9.17) is 10.5 Å². The molecule has 0 spiro atoms. The molecule has 0 bridgehead atoms. The van der Waals surface area contributed by atoms with Crippen LogP contribution in [0.1, 0.15) is 25.8 Å². The van der Waals surface area contributed by atoms with Gasteiger partial charge in [0.1, 0.15) is 5.82 Å². The topological polar surface area (TPSA) is 38.5 Å². The van der Waals surface area contributed by atoms with Crippen molar-refractivity contribution in [3.63, 3.8) is 0 Å². The lowest BCUT2D eigenvalue weighted by atomic mass is 9.86. The number of hydrogen-bond donors (Lipinski definition) is 1. The van der Waals surface area contributed by atoms with E-state index in [0.29, 0.717) is 12.5 Å². The highest BCUT2D eigenvalue weighted by atomic mass is 19.1. The SMILES string of the molecule is COC1CN(C(C)(CN)Cc2ccc(F)cc2)CCC1C. The highest BCUT2D eigenvalue weighted by Crippen LogP contribution is 2.28. The summed E-state index contributed by atoms with van der Waals surface area (Å²) in [6, 6.07) is 6.73. The number of ether oxygens (including phenoxy) is 1. The summed E-state index contributed by atoms with van der Waals surface area (Å²) in [5, 5.41) is 0. The first-order chi connectivity index (χ1) is 9.98. The molecule has 0 aromatic heterocycles. The zero-order valence-electron chi connectivity index (χ0n) is 13.3. The summed E-state index contributed by atoms with van der Waals surface area (Å²) in [6.07, 6.45) is 2.21. The van der Waals surface area contributed by atoms with Gasteiger partial charge in [-0.15, -0.1) is 0 Å². The van der Waals surface area contributed by atoms with Crippen molar-refractivity contribution in [2.45, 2.75) is 38.3 Å². The Hall–Kier alpha value is -0.970. The molecular formula is C17H27FN2O. The lowest BCUT2D eigenvalue weighted by molar-refractivity contribution is -0.0400. The summed E-state index contributed by atoms with van der Waals surface area (Å²) in [5.41, 5.74) is 7.09. The van der Waals surface area contributed by atoms with Crippen LogP contribution in [0.3, 0.4) is 0 Å². The number of piperidine rings is 1. The maximum atomic E-state index is 13.0. The molecule has 2 N–H and O–H groups in total. The number of benzene rings is 1. The van der Waals surface area contributed by atoms with Gasteiger partial charge in [-0.3, -0.25) is 4.90 Å². The zero-order valence-corrected chi connectivity index (χ0v) is 13.3. The van der Waals surface area contributed by atoms with E-state index in [1.54, 1.807) is 7.11 Å². The minimum atomic E-state index is -0.195. The van der Waals surface area contributed by atoms with Gasteiger partial charge in [0, 0.05) is 25.7 Å². The van der Waals surface area contributed by atoms with Gasteiger partial charge in [0.25, 0.3) is 0 Å². The van der Waals surface area contributed by atoms with Crippen LogP contribution in [0.2, 0.25) is 0 Å². The molecule has 1 heterocycles. The molecule has 1 aliphatic heterocycles. The molecule has 1 fully saturated rings. The number of hydrogen-bond acceptors (Lipinski definition) is 3. The Balaban J connectivity index is 2.11. The average molecular weight is 294 g/mol. The first-order valence-corrected chi connectivity index (χ1v) is 7.71. The van der Waals surface area contributed by atoms with Crippen LogP contribution in [-0.4, -0.2) is 43.3 Å². The maximum absolute atomic E-state index is 13.0. The number of nitrogens with zero attached hydrogens (tertiary/aromatic N) is 1. The van der Waals surface area contributed by atoms with E-state index in [-0.39, 0.29) is 17.5 Å². The Morgan fingerprint density at radius 3 is 2.62 bits per heavy atom. The lowest BCUT2D eigenvalue weighted by Gasteiger charge is -2.46. The van der Waals surface area contributed by atoms with Crippen LogP contribution in [0, 0.1) is 11.7 Å². The largest absolute Gasteiger partial charge is 0.380 e. The Kier molecular flexibility index (Phi) is 5.36. The molecule has 2 rings (SSSR count). The number of nitrogens with two attached hydrogens (primary N) is 1. The van der Waals surface area contributed by atoms with Crippen LogP contribution in [-0.2, 0) is 11.2 Å². The lowest BCUT2D eigenvalue weighted by Crippen LogP contribution is -2.59. The minimum Gasteiger partial charge on any atom is -0.380 e. The van der Waals surface area contributed by atoms with Crippen molar-refractivity contribution in [2.75, 3.05) is 26.7 Å². The third-order valence-corrected chi connectivity index (χ3v) is 4.89. The Bertz CT molecular complexity index is 451. The monoisotopic (exact) mass is 294 g/mol. The van der Waals surface area contributed by atoms with E-state index < -0.39 is 0 Å².